The number of hydrogen-bond acceptors (Lipinski definition) is 7. The molecule has 3 aromatic rings. The first-order chi connectivity index (χ1) is 21.4. The highest BCUT2D eigenvalue weighted by atomic mass is 35.5. The third-order valence-electron chi connectivity index (χ3n) is 8.14. The first kappa shape index (κ1) is 33.4. The van der Waals surface area contributed by atoms with Crippen LogP contribution in [-0.2, 0) is 15.1 Å². The number of carbonyl (C=O) groups is 3. The van der Waals surface area contributed by atoms with Crippen molar-refractivity contribution < 1.29 is 32.6 Å². The summed E-state index contributed by atoms with van der Waals surface area (Å²) >= 11 is 6.36. The van der Waals surface area contributed by atoms with E-state index in [0.717, 1.165) is 18.7 Å². The van der Waals surface area contributed by atoms with Crippen LogP contribution in [0.3, 0.4) is 0 Å². The molecule has 9 nitrogen and oxygen atoms in total. The number of methoxy groups -OCH3 is 2. The number of rotatable bonds is 9. The highest BCUT2D eigenvalue weighted by Crippen LogP contribution is 2.33. The summed E-state index contributed by atoms with van der Waals surface area (Å²) < 4.78 is 40.7. The van der Waals surface area contributed by atoms with Crippen molar-refractivity contribution in [2.75, 3.05) is 33.9 Å². The quantitative estimate of drug-likeness (QED) is 0.308. The Labute approximate surface area is 265 Å². The fourth-order valence-electron chi connectivity index (χ4n) is 5.33. The molecule has 2 N–H and O–H groups in total. The lowest BCUT2D eigenvalue weighted by Crippen LogP contribution is -2.62. The molecule has 3 aromatic carbocycles. The zero-order chi connectivity index (χ0) is 32.9. The zero-order valence-electron chi connectivity index (χ0n) is 25.3. The molecule has 0 bridgehead atoms. The fourth-order valence-corrected chi connectivity index (χ4v) is 5.55. The van der Waals surface area contributed by atoms with Gasteiger partial charge in [0.05, 0.1) is 31.4 Å². The van der Waals surface area contributed by atoms with Gasteiger partial charge in [-0.15, -0.1) is 0 Å². The Kier molecular flexibility index (Phi) is 10.1. The number of piperidine rings is 1. The van der Waals surface area contributed by atoms with Gasteiger partial charge in [-0.25, -0.2) is 13.6 Å². The molecule has 0 unspecified atom stereocenters. The number of nitrogens with zero attached hydrogens (tertiary/aromatic N) is 2. The molecule has 2 amide bonds. The minimum atomic E-state index is -2.28. The standard InChI is InChI=1S/C33H33ClF2N4O5/c1-5-40-14-12-33(19-37,13-15-40)39-31(43)32(2,28-26(35)17-23(44-3)18-27(28)36)38-29(41)21-8-6-20(7-9-21)24-16-22(30(42)45-4)10-11-25(24)34/h6-11,16-18H,5,12-15H2,1-4H3,(H,38,41)(H,39,43)/t32-/m0/s1. The molecule has 1 fully saturated rings. The molecule has 0 radical (unpaired) electrons. The van der Waals surface area contributed by atoms with Crippen molar-refractivity contribution in [2.45, 2.75) is 37.8 Å². The highest BCUT2D eigenvalue weighted by Gasteiger charge is 2.46. The molecule has 1 saturated heterocycles. The Bertz CT molecular complexity index is 1630. The van der Waals surface area contributed by atoms with Crippen molar-refractivity contribution in [2.24, 2.45) is 0 Å². The summed E-state index contributed by atoms with van der Waals surface area (Å²) in [7, 11) is 2.50. The average molecular weight is 639 g/mol. The van der Waals surface area contributed by atoms with Crippen molar-refractivity contribution in [3.05, 3.63) is 87.9 Å². The highest BCUT2D eigenvalue weighted by molar-refractivity contribution is 6.33. The summed E-state index contributed by atoms with van der Waals surface area (Å²) in [5.41, 5.74) is -2.86. The second-order valence-electron chi connectivity index (χ2n) is 10.9. The van der Waals surface area contributed by atoms with Gasteiger partial charge in [0, 0.05) is 41.4 Å². The van der Waals surface area contributed by atoms with E-state index in [4.69, 9.17) is 21.1 Å². The number of ether oxygens (including phenoxy) is 2. The normalized spacial score (nSPS) is 15.7. The van der Waals surface area contributed by atoms with Gasteiger partial charge in [0.15, 0.2) is 0 Å². The van der Waals surface area contributed by atoms with Crippen molar-refractivity contribution in [1.29, 1.82) is 5.26 Å². The van der Waals surface area contributed by atoms with E-state index in [-0.39, 0.29) is 16.9 Å². The zero-order valence-corrected chi connectivity index (χ0v) is 26.1. The summed E-state index contributed by atoms with van der Waals surface area (Å²) in [6, 6.07) is 14.7. The van der Waals surface area contributed by atoms with Crippen LogP contribution >= 0.6 is 11.6 Å². The molecule has 0 saturated carbocycles. The monoisotopic (exact) mass is 638 g/mol. The van der Waals surface area contributed by atoms with Gasteiger partial charge < -0.3 is 25.0 Å². The van der Waals surface area contributed by atoms with Crippen LogP contribution in [0.1, 0.15) is 53.0 Å². The molecule has 1 atom stereocenters. The van der Waals surface area contributed by atoms with Gasteiger partial charge in [0.25, 0.3) is 11.8 Å². The Morgan fingerprint density at radius 3 is 2.16 bits per heavy atom. The lowest BCUT2D eigenvalue weighted by molar-refractivity contribution is -0.129. The maximum atomic E-state index is 15.5. The predicted molar refractivity (Wildman–Crippen MR) is 164 cm³/mol. The predicted octanol–water partition coefficient (Wildman–Crippen LogP) is 5.22. The molecule has 12 heteroatoms. The van der Waals surface area contributed by atoms with Crippen LogP contribution in [0.25, 0.3) is 11.1 Å². The number of esters is 1. The van der Waals surface area contributed by atoms with Gasteiger partial charge >= 0.3 is 5.97 Å². The maximum absolute atomic E-state index is 15.5. The largest absolute Gasteiger partial charge is 0.497 e. The first-order valence-corrected chi connectivity index (χ1v) is 14.6. The molecule has 1 aliphatic heterocycles. The lowest BCUT2D eigenvalue weighted by atomic mass is 9.84. The number of nitriles is 1. The topological polar surface area (TPSA) is 121 Å². The van der Waals surface area contributed by atoms with Crippen molar-refractivity contribution in [1.82, 2.24) is 15.5 Å². The number of likely N-dealkylation sites (tertiary alicyclic amines) is 1. The van der Waals surface area contributed by atoms with Crippen LogP contribution in [0.5, 0.6) is 5.75 Å². The summed E-state index contributed by atoms with van der Waals surface area (Å²) in [6.07, 6.45) is 0.587. The number of benzene rings is 3. The Morgan fingerprint density at radius 1 is 1.02 bits per heavy atom. The Morgan fingerprint density at radius 2 is 1.62 bits per heavy atom. The molecule has 1 aliphatic rings. The third kappa shape index (κ3) is 6.92. The van der Waals surface area contributed by atoms with Crippen LogP contribution in [0.2, 0.25) is 5.02 Å². The third-order valence-corrected chi connectivity index (χ3v) is 8.47. The Hall–Kier alpha value is -4.53. The fraction of sp³-hybridized carbons (Fsp3) is 0.333. The van der Waals surface area contributed by atoms with E-state index in [1.165, 1.54) is 39.3 Å². The molecule has 4 rings (SSSR count). The van der Waals surface area contributed by atoms with E-state index >= 15 is 8.78 Å². The van der Waals surface area contributed by atoms with E-state index in [2.05, 4.69) is 21.6 Å². The molecule has 236 valence electrons. The van der Waals surface area contributed by atoms with Gasteiger partial charge in [0.1, 0.15) is 28.5 Å². The van der Waals surface area contributed by atoms with Gasteiger partial charge in [-0.1, -0.05) is 30.7 Å². The van der Waals surface area contributed by atoms with E-state index in [0.29, 0.717) is 42.1 Å². The van der Waals surface area contributed by atoms with Gasteiger partial charge in [0.2, 0.25) is 0 Å². The van der Waals surface area contributed by atoms with Crippen LogP contribution < -0.4 is 15.4 Å². The first-order valence-electron chi connectivity index (χ1n) is 14.2. The maximum Gasteiger partial charge on any atom is 0.337 e. The summed E-state index contributed by atoms with van der Waals surface area (Å²) in [5.74, 6) is -4.66. The molecule has 0 aromatic heterocycles. The smallest absolute Gasteiger partial charge is 0.337 e. The summed E-state index contributed by atoms with van der Waals surface area (Å²) in [5, 5.41) is 15.6. The van der Waals surface area contributed by atoms with E-state index in [1.54, 1.807) is 24.3 Å². The minimum absolute atomic E-state index is 0.0681. The average Bonchev–Trinajstić information content (AvgIpc) is 3.04. The van der Waals surface area contributed by atoms with E-state index < -0.39 is 46.1 Å². The van der Waals surface area contributed by atoms with Crippen molar-refractivity contribution in [3.8, 4) is 22.9 Å². The lowest BCUT2D eigenvalue weighted by Gasteiger charge is -2.40. The SMILES string of the molecule is CCN1CCC(C#N)(NC(=O)[C@@](C)(NC(=O)c2ccc(-c3cc(C(=O)OC)ccc3Cl)cc2)c2c(F)cc(OC)cc2F)CC1. The second-order valence-corrected chi connectivity index (χ2v) is 11.3. The number of hydrogen-bond donors (Lipinski definition) is 2. The van der Waals surface area contributed by atoms with Gasteiger partial charge in [-0.2, -0.15) is 5.26 Å². The van der Waals surface area contributed by atoms with E-state index in [9.17, 15) is 19.6 Å². The molecule has 0 aliphatic carbocycles. The molecular formula is C33H33ClF2N4O5. The summed E-state index contributed by atoms with van der Waals surface area (Å²) in [6.45, 7) is 5.02. The van der Waals surface area contributed by atoms with Crippen molar-refractivity contribution >= 4 is 29.4 Å². The number of amides is 2. The molecule has 0 spiro atoms. The minimum Gasteiger partial charge on any atom is -0.497 e. The van der Waals surface area contributed by atoms with Crippen LogP contribution in [0, 0.1) is 23.0 Å². The summed E-state index contributed by atoms with van der Waals surface area (Å²) in [4.78, 5) is 41.7. The number of nitrogens with one attached hydrogen (secondary N) is 2. The van der Waals surface area contributed by atoms with Crippen LogP contribution in [0.15, 0.2) is 54.6 Å². The van der Waals surface area contributed by atoms with Gasteiger partial charge in [-0.05, 0) is 62.2 Å². The number of halogens is 3. The molecular weight excluding hydrogens is 606 g/mol. The van der Waals surface area contributed by atoms with Crippen LogP contribution in [0.4, 0.5) is 8.78 Å². The number of carbonyl (C=O) groups excluding carboxylic acids is 3. The van der Waals surface area contributed by atoms with E-state index in [1.807, 2.05) is 6.92 Å². The molecule has 1 heterocycles. The van der Waals surface area contributed by atoms with Crippen molar-refractivity contribution in [3.63, 3.8) is 0 Å². The molecule has 45 heavy (non-hydrogen) atoms. The van der Waals surface area contributed by atoms with Crippen LogP contribution in [-0.4, -0.2) is 62.1 Å². The second kappa shape index (κ2) is 13.6. The Balaban J connectivity index is 1.69. The van der Waals surface area contributed by atoms with Gasteiger partial charge in [-0.3, -0.25) is 9.59 Å².